The van der Waals surface area contributed by atoms with Gasteiger partial charge < -0.3 is 5.32 Å². The first kappa shape index (κ1) is 13.4. The third-order valence-electron chi connectivity index (χ3n) is 3.17. The Balaban J connectivity index is 2.10. The summed E-state index contributed by atoms with van der Waals surface area (Å²) in [6, 6.07) is 7.33. The van der Waals surface area contributed by atoms with Gasteiger partial charge in [-0.25, -0.2) is 0 Å². The van der Waals surface area contributed by atoms with Gasteiger partial charge in [0, 0.05) is 10.5 Å². The molecular formula is C13H12BrClN2O. The number of rotatable bonds is 2. The van der Waals surface area contributed by atoms with Crippen molar-refractivity contribution in [1.29, 1.82) is 5.26 Å². The summed E-state index contributed by atoms with van der Waals surface area (Å²) in [6.07, 6.45) is 2.70. The second-order valence-electron chi connectivity index (χ2n) is 4.37. The van der Waals surface area contributed by atoms with Crippen molar-refractivity contribution in [3.8, 4) is 6.07 Å². The van der Waals surface area contributed by atoms with Crippen LogP contribution >= 0.6 is 27.5 Å². The van der Waals surface area contributed by atoms with Gasteiger partial charge in [-0.3, -0.25) is 4.79 Å². The lowest BCUT2D eigenvalue weighted by molar-refractivity contribution is 0.0933. The van der Waals surface area contributed by atoms with E-state index in [1.807, 2.05) is 0 Å². The largest absolute Gasteiger partial charge is 0.348 e. The highest BCUT2D eigenvalue weighted by atomic mass is 79.9. The van der Waals surface area contributed by atoms with Crippen LogP contribution in [0.3, 0.4) is 0 Å². The van der Waals surface area contributed by atoms with Crippen LogP contribution in [0.25, 0.3) is 0 Å². The maximum absolute atomic E-state index is 12.1. The molecule has 2 unspecified atom stereocenters. The number of halogens is 2. The number of nitriles is 1. The summed E-state index contributed by atoms with van der Waals surface area (Å²) in [5.74, 6) is -0.289. The van der Waals surface area contributed by atoms with Gasteiger partial charge in [0.2, 0.25) is 0 Å². The lowest BCUT2D eigenvalue weighted by Crippen LogP contribution is -2.37. The molecule has 1 amide bonds. The molecule has 1 aromatic carbocycles. The van der Waals surface area contributed by atoms with Crippen molar-refractivity contribution in [1.82, 2.24) is 5.32 Å². The molecule has 0 aromatic heterocycles. The van der Waals surface area contributed by atoms with Gasteiger partial charge in [-0.2, -0.15) is 5.26 Å². The molecule has 2 rings (SSSR count). The van der Waals surface area contributed by atoms with Crippen molar-refractivity contribution < 1.29 is 4.79 Å². The number of carbonyl (C=O) groups is 1. The second kappa shape index (κ2) is 5.73. The van der Waals surface area contributed by atoms with E-state index in [4.69, 9.17) is 16.9 Å². The molecule has 94 valence electrons. The molecule has 1 aliphatic carbocycles. The number of carbonyl (C=O) groups excluding carboxylic acids is 1. The van der Waals surface area contributed by atoms with E-state index in [1.54, 1.807) is 18.2 Å². The van der Waals surface area contributed by atoms with Gasteiger partial charge in [-0.05, 0) is 37.5 Å². The van der Waals surface area contributed by atoms with Crippen molar-refractivity contribution in [2.24, 2.45) is 5.92 Å². The van der Waals surface area contributed by atoms with Crippen LogP contribution < -0.4 is 5.32 Å². The van der Waals surface area contributed by atoms with Crippen LogP contribution in [0.1, 0.15) is 29.6 Å². The second-order valence-corrected chi connectivity index (χ2v) is 5.69. The Hall–Kier alpha value is -1.05. The molecule has 1 aliphatic rings. The SMILES string of the molecule is N#CC1CCCC1NC(=O)c1ccc(Br)cc1Cl. The average molecular weight is 328 g/mol. The Labute approximate surface area is 119 Å². The molecule has 0 heterocycles. The molecule has 2 atom stereocenters. The highest BCUT2D eigenvalue weighted by Crippen LogP contribution is 2.26. The summed E-state index contributed by atoms with van der Waals surface area (Å²) in [5.41, 5.74) is 0.448. The van der Waals surface area contributed by atoms with Crippen molar-refractivity contribution in [2.75, 3.05) is 0 Å². The van der Waals surface area contributed by atoms with Crippen LogP contribution in [0.5, 0.6) is 0 Å². The van der Waals surface area contributed by atoms with Crippen LogP contribution in [0.2, 0.25) is 5.02 Å². The maximum atomic E-state index is 12.1. The molecular weight excluding hydrogens is 316 g/mol. The van der Waals surface area contributed by atoms with Gasteiger partial charge in [0.25, 0.3) is 5.91 Å². The van der Waals surface area contributed by atoms with E-state index in [1.165, 1.54) is 0 Å². The molecule has 0 aliphatic heterocycles. The topological polar surface area (TPSA) is 52.9 Å². The zero-order valence-electron chi connectivity index (χ0n) is 9.62. The molecule has 1 fully saturated rings. The molecule has 0 radical (unpaired) electrons. The first-order valence-corrected chi connectivity index (χ1v) is 6.94. The molecule has 1 aromatic rings. The molecule has 0 bridgehead atoms. The fraction of sp³-hybridized carbons (Fsp3) is 0.385. The third kappa shape index (κ3) is 2.85. The van der Waals surface area contributed by atoms with Crippen LogP contribution in [-0.4, -0.2) is 11.9 Å². The van der Waals surface area contributed by atoms with Gasteiger partial charge in [0.1, 0.15) is 0 Å². The first-order chi connectivity index (χ1) is 8.61. The average Bonchev–Trinajstić information content (AvgIpc) is 2.76. The quantitative estimate of drug-likeness (QED) is 0.903. The predicted molar refractivity (Wildman–Crippen MR) is 73.4 cm³/mol. The van der Waals surface area contributed by atoms with Gasteiger partial charge in [-0.15, -0.1) is 0 Å². The predicted octanol–water partition coefficient (Wildman–Crippen LogP) is 3.52. The Morgan fingerprint density at radius 2 is 2.28 bits per heavy atom. The van der Waals surface area contributed by atoms with E-state index < -0.39 is 0 Å². The number of hydrogen-bond acceptors (Lipinski definition) is 2. The summed E-state index contributed by atoms with van der Waals surface area (Å²) in [6.45, 7) is 0. The highest BCUT2D eigenvalue weighted by molar-refractivity contribution is 9.10. The lowest BCUT2D eigenvalue weighted by Gasteiger charge is -2.16. The number of nitrogens with one attached hydrogen (secondary N) is 1. The minimum absolute atomic E-state index is 0.0535. The van der Waals surface area contributed by atoms with Crippen molar-refractivity contribution >= 4 is 33.4 Å². The summed E-state index contributed by atoms with van der Waals surface area (Å²) in [4.78, 5) is 12.1. The zero-order chi connectivity index (χ0) is 13.1. The minimum atomic E-state index is -0.209. The molecule has 0 saturated heterocycles. The van der Waals surface area contributed by atoms with E-state index in [-0.39, 0.29) is 17.9 Å². The molecule has 3 nitrogen and oxygen atoms in total. The lowest BCUT2D eigenvalue weighted by atomic mass is 10.1. The van der Waals surface area contributed by atoms with E-state index in [0.717, 1.165) is 23.7 Å². The summed E-state index contributed by atoms with van der Waals surface area (Å²) in [7, 11) is 0. The number of nitrogens with zero attached hydrogens (tertiary/aromatic N) is 1. The van der Waals surface area contributed by atoms with E-state index >= 15 is 0 Å². The van der Waals surface area contributed by atoms with Crippen molar-refractivity contribution in [3.63, 3.8) is 0 Å². The van der Waals surface area contributed by atoms with Crippen molar-refractivity contribution in [3.05, 3.63) is 33.3 Å². The molecule has 1 N–H and O–H groups in total. The molecule has 1 saturated carbocycles. The normalized spacial score (nSPS) is 22.5. The Kier molecular flexibility index (Phi) is 4.26. The molecule has 18 heavy (non-hydrogen) atoms. The highest BCUT2D eigenvalue weighted by Gasteiger charge is 2.29. The standard InChI is InChI=1S/C13H12BrClN2O/c14-9-4-5-10(11(15)6-9)13(18)17-12-3-1-2-8(12)7-16/h4-6,8,12H,1-3H2,(H,17,18). The summed E-state index contributed by atoms with van der Waals surface area (Å²) in [5, 5.41) is 12.3. The van der Waals surface area contributed by atoms with Crippen LogP contribution in [0.15, 0.2) is 22.7 Å². The summed E-state index contributed by atoms with van der Waals surface area (Å²) >= 11 is 9.32. The fourth-order valence-corrected chi connectivity index (χ4v) is 2.97. The Morgan fingerprint density at radius 3 is 2.94 bits per heavy atom. The smallest absolute Gasteiger partial charge is 0.253 e. The van der Waals surface area contributed by atoms with Gasteiger partial charge >= 0.3 is 0 Å². The maximum Gasteiger partial charge on any atom is 0.253 e. The number of amides is 1. The monoisotopic (exact) mass is 326 g/mol. The fourth-order valence-electron chi connectivity index (χ4n) is 2.21. The zero-order valence-corrected chi connectivity index (χ0v) is 12.0. The van der Waals surface area contributed by atoms with Gasteiger partial charge in [-0.1, -0.05) is 27.5 Å². The van der Waals surface area contributed by atoms with Crippen LogP contribution in [0, 0.1) is 17.2 Å². The number of hydrogen-bond donors (Lipinski definition) is 1. The first-order valence-electron chi connectivity index (χ1n) is 5.77. The number of benzene rings is 1. The molecule has 5 heteroatoms. The van der Waals surface area contributed by atoms with E-state index in [2.05, 4.69) is 27.3 Å². The van der Waals surface area contributed by atoms with Crippen LogP contribution in [0.4, 0.5) is 0 Å². The van der Waals surface area contributed by atoms with Crippen molar-refractivity contribution in [2.45, 2.75) is 25.3 Å². The molecule has 0 spiro atoms. The van der Waals surface area contributed by atoms with E-state index in [9.17, 15) is 4.79 Å². The Bertz CT molecular complexity index is 512. The van der Waals surface area contributed by atoms with E-state index in [0.29, 0.717) is 10.6 Å². The van der Waals surface area contributed by atoms with Gasteiger partial charge in [0.15, 0.2) is 0 Å². The Morgan fingerprint density at radius 1 is 1.50 bits per heavy atom. The third-order valence-corrected chi connectivity index (χ3v) is 3.98. The minimum Gasteiger partial charge on any atom is -0.348 e. The van der Waals surface area contributed by atoms with Crippen LogP contribution in [-0.2, 0) is 0 Å². The summed E-state index contributed by atoms with van der Waals surface area (Å²) < 4.78 is 0.833. The van der Waals surface area contributed by atoms with Gasteiger partial charge in [0.05, 0.1) is 22.6 Å².